The van der Waals surface area contributed by atoms with Crippen LogP contribution >= 0.6 is 0 Å². The van der Waals surface area contributed by atoms with Gasteiger partial charge >= 0.3 is 0 Å². The molecule has 1 heterocycles. The lowest BCUT2D eigenvalue weighted by Gasteiger charge is -2.60. The molecule has 8 rings (SSSR count). The third kappa shape index (κ3) is 13.8. The molecule has 0 saturated heterocycles. The Labute approximate surface area is 447 Å². The van der Waals surface area contributed by atoms with E-state index in [0.717, 1.165) is 72.4 Å². The van der Waals surface area contributed by atoms with Crippen molar-refractivity contribution in [2.75, 3.05) is 19.8 Å². The maximum Gasteiger partial charge on any atom is 0.269 e. The molecular formula is C63H76FN3O9. The predicted octanol–water partition coefficient (Wildman–Crippen LogP) is 14.5. The van der Waals surface area contributed by atoms with Crippen LogP contribution in [-0.2, 0) is 27.5 Å². The first-order valence-electron chi connectivity index (χ1n) is 27.8. The summed E-state index contributed by atoms with van der Waals surface area (Å²) in [5.74, 6) is -0.944. The lowest BCUT2D eigenvalue weighted by Crippen LogP contribution is -2.70. The molecule has 1 fully saturated rings. The number of carbonyl (C=O) groups is 1. The van der Waals surface area contributed by atoms with Gasteiger partial charge in [0.2, 0.25) is 11.7 Å². The number of carbonyl (C=O) groups excluding carboxylic acids is 1. The number of amides is 1. The highest BCUT2D eigenvalue weighted by molar-refractivity contribution is 6.03. The lowest BCUT2D eigenvalue weighted by atomic mass is 9.55. The third-order valence-electron chi connectivity index (χ3n) is 15.6. The van der Waals surface area contributed by atoms with Crippen LogP contribution in [0.5, 0.6) is 17.2 Å². The van der Waals surface area contributed by atoms with Gasteiger partial charge in [-0.05, 0) is 126 Å². The number of hydrogen-bond donors (Lipinski definition) is 2. The van der Waals surface area contributed by atoms with Gasteiger partial charge in [-0.25, -0.2) is 4.39 Å². The molecule has 12 nitrogen and oxygen atoms in total. The SMILES string of the molecule is C=CCOC12Oc3ccc(Oc4ccc5ccccc5c4)cc3C3C(CCCCO)C(CCCCO)C=C(C(=NOCc4ccc([N+](=O)[O-])cc4)CC1N(Cc1ccc(F)cc1)C(=O)CCCCCCCCCCC)C32. The first-order valence-corrected chi connectivity index (χ1v) is 27.8. The standard InChI is InChI=1S/C63H76FN3O9/c1-3-5-6-7-8-9-10-11-12-23-60(70)66(43-45-24-29-50(64)30-25-45)59-42-57(65-74-44-46-26-31-51(32-27-46)67(71)72)55-40-49(21-15-17-36-68)54(22-16-18-37-69)61-56-41-53(75-52-33-28-47-19-13-14-20-48(47)39-52)34-35-58(56)76-63(59,62(55)61)73-38-4-2/h4,13-14,19-20,24-35,39-41,49,54,59,61-62,68-69H,2-3,5-12,15-18,21-23,36-38,42-44H2,1H3. The fourth-order valence-electron chi connectivity index (χ4n) is 11.9. The Bertz CT molecular complexity index is 2760. The number of benzene rings is 5. The summed E-state index contributed by atoms with van der Waals surface area (Å²) >= 11 is 0. The van der Waals surface area contributed by atoms with Gasteiger partial charge < -0.3 is 34.2 Å². The molecule has 6 unspecified atom stereocenters. The monoisotopic (exact) mass is 1040 g/mol. The number of nitro groups is 1. The van der Waals surface area contributed by atoms with Crippen LogP contribution in [0.3, 0.4) is 0 Å². The van der Waals surface area contributed by atoms with Crippen molar-refractivity contribution in [3.8, 4) is 17.2 Å². The number of nitrogens with zero attached hydrogens (tertiary/aromatic N) is 3. The fraction of sp³-hybridized carbons (Fsp3) is 0.460. The van der Waals surface area contributed by atoms with Crippen molar-refractivity contribution in [2.24, 2.45) is 22.9 Å². The van der Waals surface area contributed by atoms with Crippen LogP contribution in [0.4, 0.5) is 10.1 Å². The van der Waals surface area contributed by atoms with Crippen molar-refractivity contribution >= 4 is 28.1 Å². The van der Waals surface area contributed by atoms with E-state index in [1.54, 1.807) is 30.3 Å². The Balaban J connectivity index is 1.27. The first kappa shape index (κ1) is 55.8. The summed E-state index contributed by atoms with van der Waals surface area (Å²) in [4.78, 5) is 34.6. The van der Waals surface area contributed by atoms with E-state index in [1.807, 2.05) is 47.4 Å². The maximum absolute atomic E-state index is 15.3. The summed E-state index contributed by atoms with van der Waals surface area (Å²) in [6.45, 7) is 6.71. The number of oxime groups is 1. The minimum Gasteiger partial charge on any atom is -0.459 e. The van der Waals surface area contributed by atoms with Gasteiger partial charge in [-0.3, -0.25) is 14.9 Å². The molecule has 5 aromatic rings. The number of unbranched alkanes of at least 4 members (excludes halogenated alkanes) is 10. The van der Waals surface area contributed by atoms with Crippen LogP contribution in [0.25, 0.3) is 10.8 Å². The van der Waals surface area contributed by atoms with Crippen molar-refractivity contribution < 1.29 is 43.4 Å². The van der Waals surface area contributed by atoms with Gasteiger partial charge in [-0.2, -0.15) is 0 Å². The summed E-state index contributed by atoms with van der Waals surface area (Å²) < 4.78 is 36.1. The molecule has 2 aliphatic carbocycles. The zero-order chi connectivity index (χ0) is 53.3. The Kier molecular flexibility index (Phi) is 20.3. The average molecular weight is 1040 g/mol. The largest absolute Gasteiger partial charge is 0.459 e. The van der Waals surface area contributed by atoms with Crippen LogP contribution in [0, 0.1) is 33.7 Å². The first-order chi connectivity index (χ1) is 37.2. The molecule has 0 spiro atoms. The molecule has 1 amide bonds. The Morgan fingerprint density at radius 1 is 0.829 bits per heavy atom. The number of rotatable bonds is 30. The number of allylic oxidation sites excluding steroid dienone is 1. The van der Waals surface area contributed by atoms with Crippen LogP contribution in [0.1, 0.15) is 139 Å². The fourth-order valence-corrected chi connectivity index (χ4v) is 11.9. The summed E-state index contributed by atoms with van der Waals surface area (Å²) in [6.07, 6.45) is 18.7. The van der Waals surface area contributed by atoms with Crippen molar-refractivity contribution in [1.82, 2.24) is 4.90 Å². The number of non-ortho nitro benzene ring substituents is 1. The van der Waals surface area contributed by atoms with E-state index in [-0.39, 0.29) is 81.0 Å². The highest BCUT2D eigenvalue weighted by Gasteiger charge is 2.65. The maximum atomic E-state index is 15.3. The van der Waals surface area contributed by atoms with Crippen LogP contribution in [0.15, 0.2) is 139 Å². The molecule has 1 aliphatic heterocycles. The molecule has 404 valence electrons. The van der Waals surface area contributed by atoms with E-state index in [1.165, 1.54) is 56.4 Å². The third-order valence-corrected chi connectivity index (χ3v) is 15.6. The number of hydrogen-bond acceptors (Lipinski definition) is 10. The Morgan fingerprint density at radius 2 is 1.50 bits per heavy atom. The lowest BCUT2D eigenvalue weighted by molar-refractivity contribution is -0.384. The van der Waals surface area contributed by atoms with Gasteiger partial charge in [-0.1, -0.05) is 131 Å². The zero-order valence-corrected chi connectivity index (χ0v) is 44.2. The van der Waals surface area contributed by atoms with E-state index in [2.05, 4.69) is 37.8 Å². The number of ether oxygens (including phenoxy) is 3. The predicted molar refractivity (Wildman–Crippen MR) is 296 cm³/mol. The van der Waals surface area contributed by atoms with E-state index in [0.29, 0.717) is 47.8 Å². The van der Waals surface area contributed by atoms with Gasteiger partial charge in [0, 0.05) is 56.2 Å². The van der Waals surface area contributed by atoms with Crippen molar-refractivity contribution in [3.63, 3.8) is 0 Å². The van der Waals surface area contributed by atoms with E-state index in [4.69, 9.17) is 24.2 Å². The van der Waals surface area contributed by atoms with Gasteiger partial charge in [-0.15, -0.1) is 6.58 Å². The summed E-state index contributed by atoms with van der Waals surface area (Å²) in [7, 11) is 0. The molecule has 13 heteroatoms. The Morgan fingerprint density at radius 3 is 2.21 bits per heavy atom. The number of aliphatic hydroxyl groups excluding tert-OH is 2. The normalized spacial score (nSPS) is 21.0. The van der Waals surface area contributed by atoms with Gasteiger partial charge in [0.15, 0.2) is 0 Å². The highest BCUT2D eigenvalue weighted by atomic mass is 19.1. The second-order valence-corrected chi connectivity index (χ2v) is 20.8. The highest BCUT2D eigenvalue weighted by Crippen LogP contribution is 2.62. The topological polar surface area (TPSA) is 153 Å². The number of fused-ring (bicyclic) bond motifs is 3. The molecule has 1 saturated carbocycles. The molecular weight excluding hydrogens is 962 g/mol. The van der Waals surface area contributed by atoms with Crippen LogP contribution in [-0.4, -0.2) is 63.3 Å². The van der Waals surface area contributed by atoms with Crippen LogP contribution < -0.4 is 9.47 Å². The molecule has 5 aromatic carbocycles. The summed E-state index contributed by atoms with van der Waals surface area (Å²) in [5.41, 5.74) is 3.82. The van der Waals surface area contributed by atoms with Gasteiger partial charge in [0.1, 0.15) is 35.7 Å². The van der Waals surface area contributed by atoms with E-state index >= 15 is 4.79 Å². The molecule has 0 radical (unpaired) electrons. The van der Waals surface area contributed by atoms with Gasteiger partial charge in [0.05, 0.1) is 23.2 Å². The molecule has 0 bridgehead atoms. The summed E-state index contributed by atoms with van der Waals surface area (Å²) in [6, 6.07) is 31.8. The minimum absolute atomic E-state index is 0.00498. The number of nitro benzene ring substituents is 1. The second-order valence-electron chi connectivity index (χ2n) is 20.8. The molecule has 6 atom stereocenters. The zero-order valence-electron chi connectivity index (χ0n) is 44.2. The Hall–Kier alpha value is -6.41. The molecule has 76 heavy (non-hydrogen) atoms. The van der Waals surface area contributed by atoms with E-state index in [9.17, 15) is 24.7 Å². The molecule has 2 N–H and O–H groups in total. The number of aliphatic hydroxyl groups is 2. The average Bonchev–Trinajstić information content (AvgIpc) is 3.55. The number of halogens is 1. The summed E-state index contributed by atoms with van der Waals surface area (Å²) in [5, 5.41) is 38.9. The van der Waals surface area contributed by atoms with Crippen molar-refractivity contribution in [1.29, 1.82) is 0 Å². The van der Waals surface area contributed by atoms with E-state index < -0.39 is 22.7 Å². The minimum atomic E-state index is -1.50. The second kappa shape index (κ2) is 27.6. The molecule has 0 aromatic heterocycles. The molecule has 3 aliphatic rings. The van der Waals surface area contributed by atoms with Gasteiger partial charge in [0.25, 0.3) is 5.69 Å². The van der Waals surface area contributed by atoms with Crippen molar-refractivity contribution in [3.05, 3.63) is 166 Å². The smallest absolute Gasteiger partial charge is 0.269 e. The van der Waals surface area contributed by atoms with Crippen LogP contribution in [0.2, 0.25) is 0 Å². The quantitative estimate of drug-likeness (QED) is 0.0198. The van der Waals surface area contributed by atoms with Crippen molar-refractivity contribution in [2.45, 2.75) is 147 Å².